The van der Waals surface area contributed by atoms with Gasteiger partial charge in [0.2, 0.25) is 0 Å². The van der Waals surface area contributed by atoms with Crippen LogP contribution in [0.5, 0.6) is 11.5 Å². The van der Waals surface area contributed by atoms with Gasteiger partial charge in [-0.1, -0.05) is 26.2 Å². The number of benzene rings is 2. The fraction of sp³-hybridized carbons (Fsp3) is 0.478. The highest BCUT2D eigenvalue weighted by Crippen LogP contribution is 2.29. The van der Waals surface area contributed by atoms with Gasteiger partial charge < -0.3 is 19.6 Å². The molecule has 4 heteroatoms. The Morgan fingerprint density at radius 1 is 0.778 bits per heavy atom. The fourth-order valence-electron chi connectivity index (χ4n) is 3.03. The third-order valence-electron chi connectivity index (χ3n) is 4.56. The average Bonchev–Trinajstić information content (AvgIpc) is 2.67. The number of rotatable bonds is 12. The number of aromatic hydroxyl groups is 1. The smallest absolute Gasteiger partial charge is 0.119 e. The van der Waals surface area contributed by atoms with Gasteiger partial charge in [-0.2, -0.15) is 0 Å². The number of anilines is 2. The maximum absolute atomic E-state index is 9.59. The van der Waals surface area contributed by atoms with Crippen LogP contribution in [-0.2, 0) is 0 Å². The van der Waals surface area contributed by atoms with Crippen molar-refractivity contribution in [3.63, 3.8) is 0 Å². The van der Waals surface area contributed by atoms with E-state index < -0.39 is 0 Å². The van der Waals surface area contributed by atoms with E-state index >= 15 is 0 Å². The van der Waals surface area contributed by atoms with Gasteiger partial charge >= 0.3 is 0 Å². The first kappa shape index (κ1) is 21.1. The molecule has 0 aromatic heterocycles. The highest BCUT2D eigenvalue weighted by atomic mass is 16.5. The molecule has 0 fully saturated rings. The zero-order chi connectivity index (χ0) is 19.5. The predicted octanol–water partition coefficient (Wildman–Crippen LogP) is 5.44. The molecule has 0 amide bonds. The summed E-state index contributed by atoms with van der Waals surface area (Å²) in [5.41, 5.74) is 2.25. The molecule has 2 aromatic rings. The van der Waals surface area contributed by atoms with Crippen LogP contribution in [0.4, 0.5) is 11.4 Å². The van der Waals surface area contributed by atoms with Crippen molar-refractivity contribution in [1.82, 2.24) is 4.90 Å². The van der Waals surface area contributed by atoms with Gasteiger partial charge in [-0.05, 0) is 75.5 Å². The Labute approximate surface area is 164 Å². The number of hydrogen-bond acceptors (Lipinski definition) is 4. The van der Waals surface area contributed by atoms with Gasteiger partial charge in [0.05, 0.1) is 6.61 Å². The molecule has 0 radical (unpaired) electrons. The second-order valence-electron chi connectivity index (χ2n) is 7.23. The third-order valence-corrected chi connectivity index (χ3v) is 4.56. The largest absolute Gasteiger partial charge is 0.508 e. The number of nitrogens with zero attached hydrogens (tertiary/aromatic N) is 2. The fourth-order valence-corrected chi connectivity index (χ4v) is 3.03. The van der Waals surface area contributed by atoms with E-state index in [2.05, 4.69) is 43.0 Å². The Bertz CT molecular complexity index is 638. The SMILES string of the molecule is CCCCCCN(c1ccc(O)cc1)c1ccc(OCCCN(C)C)cc1. The summed E-state index contributed by atoms with van der Waals surface area (Å²) in [7, 11) is 4.15. The number of phenolic OH excluding ortho intramolecular Hbond substituents is 1. The monoisotopic (exact) mass is 370 g/mol. The van der Waals surface area contributed by atoms with E-state index in [1.165, 1.54) is 19.3 Å². The average molecular weight is 371 g/mol. The summed E-state index contributed by atoms with van der Waals surface area (Å²) in [4.78, 5) is 4.48. The lowest BCUT2D eigenvalue weighted by molar-refractivity contribution is 0.281. The molecule has 0 atom stereocenters. The van der Waals surface area contributed by atoms with Crippen LogP contribution in [0.3, 0.4) is 0 Å². The molecule has 0 saturated carbocycles. The standard InChI is InChI=1S/C23H34N2O2/c1-4-5-6-7-18-25(20-9-13-22(26)14-10-20)21-11-15-23(16-12-21)27-19-8-17-24(2)3/h9-16,26H,4-8,17-19H2,1-3H3. The highest BCUT2D eigenvalue weighted by molar-refractivity contribution is 5.64. The van der Waals surface area contributed by atoms with E-state index in [-0.39, 0.29) is 0 Å². The van der Waals surface area contributed by atoms with Gasteiger partial charge in [0, 0.05) is 24.5 Å². The molecule has 0 spiro atoms. The van der Waals surface area contributed by atoms with Gasteiger partial charge in [0.15, 0.2) is 0 Å². The number of hydrogen-bond donors (Lipinski definition) is 1. The summed E-state index contributed by atoms with van der Waals surface area (Å²) in [5, 5.41) is 9.59. The van der Waals surface area contributed by atoms with Crippen LogP contribution in [0, 0.1) is 0 Å². The Morgan fingerprint density at radius 3 is 2.00 bits per heavy atom. The lowest BCUT2D eigenvalue weighted by Crippen LogP contribution is -2.18. The Balaban J connectivity index is 2.02. The molecule has 0 bridgehead atoms. The molecule has 148 valence electrons. The van der Waals surface area contributed by atoms with Gasteiger partial charge in [0.25, 0.3) is 0 Å². The van der Waals surface area contributed by atoms with Crippen LogP contribution in [0.2, 0.25) is 0 Å². The summed E-state index contributed by atoms with van der Waals surface area (Å²) in [6.07, 6.45) is 5.91. The lowest BCUT2D eigenvalue weighted by atomic mass is 10.1. The van der Waals surface area contributed by atoms with E-state index in [1.807, 2.05) is 24.3 Å². The third kappa shape index (κ3) is 7.51. The first-order chi connectivity index (χ1) is 13.1. The van der Waals surface area contributed by atoms with E-state index in [1.54, 1.807) is 12.1 Å². The molecule has 0 aliphatic heterocycles. The second-order valence-corrected chi connectivity index (χ2v) is 7.23. The van der Waals surface area contributed by atoms with Crippen molar-refractivity contribution in [2.24, 2.45) is 0 Å². The molecule has 0 saturated heterocycles. The Morgan fingerprint density at radius 2 is 1.41 bits per heavy atom. The maximum atomic E-state index is 9.59. The lowest BCUT2D eigenvalue weighted by Gasteiger charge is -2.25. The van der Waals surface area contributed by atoms with Gasteiger partial charge in [-0.25, -0.2) is 0 Å². The minimum absolute atomic E-state index is 0.297. The van der Waals surface area contributed by atoms with Crippen LogP contribution in [0.15, 0.2) is 48.5 Å². The molecule has 0 aliphatic carbocycles. The van der Waals surface area contributed by atoms with Crippen LogP contribution in [0.25, 0.3) is 0 Å². The van der Waals surface area contributed by atoms with Crippen LogP contribution in [-0.4, -0.2) is 43.8 Å². The van der Waals surface area contributed by atoms with Crippen molar-refractivity contribution >= 4 is 11.4 Å². The van der Waals surface area contributed by atoms with Crippen molar-refractivity contribution in [3.05, 3.63) is 48.5 Å². The van der Waals surface area contributed by atoms with E-state index in [0.29, 0.717) is 5.75 Å². The zero-order valence-corrected chi connectivity index (χ0v) is 17.0. The molecule has 0 heterocycles. The van der Waals surface area contributed by atoms with E-state index in [4.69, 9.17) is 4.74 Å². The van der Waals surface area contributed by atoms with Crippen molar-refractivity contribution in [2.45, 2.75) is 39.0 Å². The molecule has 0 aliphatic rings. The number of ether oxygens (including phenoxy) is 1. The quantitative estimate of drug-likeness (QED) is 0.505. The summed E-state index contributed by atoms with van der Waals surface area (Å²) in [6, 6.07) is 15.8. The first-order valence-electron chi connectivity index (χ1n) is 10.0. The maximum Gasteiger partial charge on any atom is 0.119 e. The van der Waals surface area contributed by atoms with Crippen molar-refractivity contribution in [3.8, 4) is 11.5 Å². The molecule has 2 aromatic carbocycles. The zero-order valence-electron chi connectivity index (χ0n) is 17.0. The number of unbranched alkanes of at least 4 members (excludes halogenated alkanes) is 3. The number of phenols is 1. The van der Waals surface area contributed by atoms with Gasteiger partial charge in [-0.3, -0.25) is 0 Å². The first-order valence-corrected chi connectivity index (χ1v) is 10.0. The normalized spacial score (nSPS) is 11.0. The minimum Gasteiger partial charge on any atom is -0.508 e. The van der Waals surface area contributed by atoms with Gasteiger partial charge in [0.1, 0.15) is 11.5 Å². The Kier molecular flexibility index (Phi) is 8.99. The van der Waals surface area contributed by atoms with Crippen LogP contribution >= 0.6 is 0 Å². The van der Waals surface area contributed by atoms with Crippen LogP contribution < -0.4 is 9.64 Å². The predicted molar refractivity (Wildman–Crippen MR) is 114 cm³/mol. The summed E-state index contributed by atoms with van der Waals surface area (Å²) in [6.45, 7) is 4.96. The highest BCUT2D eigenvalue weighted by Gasteiger charge is 2.10. The molecule has 4 nitrogen and oxygen atoms in total. The summed E-state index contributed by atoms with van der Waals surface area (Å²) >= 11 is 0. The van der Waals surface area contributed by atoms with Crippen molar-refractivity contribution in [2.75, 3.05) is 38.7 Å². The molecular formula is C23H34N2O2. The molecule has 1 N–H and O–H groups in total. The van der Waals surface area contributed by atoms with Gasteiger partial charge in [-0.15, -0.1) is 0 Å². The molecule has 2 rings (SSSR count). The molecule has 0 unspecified atom stereocenters. The molecule has 27 heavy (non-hydrogen) atoms. The summed E-state index contributed by atoms with van der Waals surface area (Å²) < 4.78 is 5.85. The minimum atomic E-state index is 0.297. The van der Waals surface area contributed by atoms with Crippen molar-refractivity contribution in [1.29, 1.82) is 0 Å². The summed E-state index contributed by atoms with van der Waals surface area (Å²) in [5.74, 6) is 1.21. The topological polar surface area (TPSA) is 35.9 Å². The van der Waals surface area contributed by atoms with E-state index in [0.717, 1.165) is 49.7 Å². The second kappa shape index (κ2) is 11.5. The Hall–Kier alpha value is -2.20. The van der Waals surface area contributed by atoms with Crippen LogP contribution in [0.1, 0.15) is 39.0 Å². The molecular weight excluding hydrogens is 336 g/mol. The van der Waals surface area contributed by atoms with Crippen molar-refractivity contribution < 1.29 is 9.84 Å². The van der Waals surface area contributed by atoms with E-state index in [9.17, 15) is 5.11 Å².